The molecule has 0 unspecified atom stereocenters. The lowest BCUT2D eigenvalue weighted by Crippen LogP contribution is -2.35. The summed E-state index contributed by atoms with van der Waals surface area (Å²) in [4.78, 5) is 37.2. The molecule has 174 valence electrons. The van der Waals surface area contributed by atoms with E-state index in [4.69, 9.17) is 4.74 Å². The van der Waals surface area contributed by atoms with Crippen LogP contribution in [0.15, 0.2) is 90.6 Å². The molecule has 34 heavy (non-hydrogen) atoms. The zero-order valence-electron chi connectivity index (χ0n) is 18.5. The van der Waals surface area contributed by atoms with Gasteiger partial charge in [-0.15, -0.1) is 0 Å². The van der Waals surface area contributed by atoms with Crippen LogP contribution >= 0.6 is 0 Å². The van der Waals surface area contributed by atoms with Gasteiger partial charge in [-0.1, -0.05) is 60.7 Å². The van der Waals surface area contributed by atoms with Gasteiger partial charge < -0.3 is 15.4 Å². The van der Waals surface area contributed by atoms with Crippen molar-refractivity contribution >= 4 is 23.9 Å². The maximum absolute atomic E-state index is 13.2. The highest BCUT2D eigenvalue weighted by atomic mass is 19.1. The smallest absolute Gasteiger partial charge is 0.306 e. The Kier molecular flexibility index (Phi) is 9.10. The number of halogens is 1. The van der Waals surface area contributed by atoms with Crippen molar-refractivity contribution in [1.29, 1.82) is 0 Å². The van der Waals surface area contributed by atoms with E-state index in [9.17, 15) is 18.8 Å². The van der Waals surface area contributed by atoms with E-state index >= 15 is 0 Å². The number of amides is 2. The average molecular weight is 461 g/mol. The first kappa shape index (κ1) is 24.4. The number of esters is 1. The predicted octanol–water partition coefficient (Wildman–Crippen LogP) is 4.24. The molecule has 0 saturated heterocycles. The summed E-state index contributed by atoms with van der Waals surface area (Å²) in [6.45, 7) is 0.406. The summed E-state index contributed by atoms with van der Waals surface area (Å²) < 4.78 is 18.5. The molecule has 6 nitrogen and oxygen atoms in total. The van der Waals surface area contributed by atoms with Gasteiger partial charge in [0.15, 0.2) is 0 Å². The Morgan fingerprint density at radius 3 is 2.18 bits per heavy atom. The van der Waals surface area contributed by atoms with Gasteiger partial charge in [0, 0.05) is 18.5 Å². The van der Waals surface area contributed by atoms with Crippen LogP contribution < -0.4 is 10.6 Å². The van der Waals surface area contributed by atoms with Crippen molar-refractivity contribution in [2.75, 3.05) is 6.54 Å². The molecule has 0 aliphatic carbocycles. The van der Waals surface area contributed by atoms with Gasteiger partial charge in [0.25, 0.3) is 11.8 Å². The molecule has 0 atom stereocenters. The van der Waals surface area contributed by atoms with Crippen molar-refractivity contribution in [2.45, 2.75) is 19.4 Å². The van der Waals surface area contributed by atoms with Crippen LogP contribution in [-0.4, -0.2) is 24.3 Å². The maximum Gasteiger partial charge on any atom is 0.306 e. The van der Waals surface area contributed by atoms with Crippen LogP contribution in [0.25, 0.3) is 6.08 Å². The fraction of sp³-hybridized carbons (Fsp3) is 0.148. The molecular weight excluding hydrogens is 435 g/mol. The normalized spacial score (nSPS) is 10.9. The molecule has 2 N–H and O–H groups in total. The highest BCUT2D eigenvalue weighted by molar-refractivity contribution is 6.05. The number of hydrogen-bond donors (Lipinski definition) is 2. The number of hydrogen-bond acceptors (Lipinski definition) is 4. The maximum atomic E-state index is 13.2. The second-order valence-electron chi connectivity index (χ2n) is 7.44. The van der Waals surface area contributed by atoms with Gasteiger partial charge in [-0.05, 0) is 47.9 Å². The second-order valence-corrected chi connectivity index (χ2v) is 7.44. The highest BCUT2D eigenvalue weighted by Gasteiger charge is 2.15. The fourth-order valence-corrected chi connectivity index (χ4v) is 3.01. The van der Waals surface area contributed by atoms with Crippen molar-refractivity contribution in [3.8, 4) is 0 Å². The van der Waals surface area contributed by atoms with Gasteiger partial charge in [-0.3, -0.25) is 14.4 Å². The van der Waals surface area contributed by atoms with E-state index in [0.29, 0.717) is 17.5 Å². The monoisotopic (exact) mass is 460 g/mol. The minimum atomic E-state index is -0.522. The van der Waals surface area contributed by atoms with Crippen LogP contribution in [0.5, 0.6) is 0 Å². The predicted molar refractivity (Wildman–Crippen MR) is 127 cm³/mol. The van der Waals surface area contributed by atoms with Crippen molar-refractivity contribution in [3.63, 3.8) is 0 Å². The van der Waals surface area contributed by atoms with Crippen LogP contribution in [0.3, 0.4) is 0 Å². The minimum Gasteiger partial charge on any atom is -0.461 e. The topological polar surface area (TPSA) is 84.5 Å². The molecule has 0 aliphatic rings. The summed E-state index contributed by atoms with van der Waals surface area (Å²) in [5.41, 5.74) is 1.84. The van der Waals surface area contributed by atoms with Crippen molar-refractivity contribution in [1.82, 2.24) is 10.6 Å². The summed E-state index contributed by atoms with van der Waals surface area (Å²) in [6.07, 6.45) is 1.97. The van der Waals surface area contributed by atoms with Crippen molar-refractivity contribution < 1.29 is 23.5 Å². The number of rotatable bonds is 10. The number of nitrogens with one attached hydrogen (secondary N) is 2. The molecular formula is C27H25FN2O4. The third-order valence-electron chi connectivity index (χ3n) is 4.80. The fourth-order valence-electron chi connectivity index (χ4n) is 3.01. The van der Waals surface area contributed by atoms with E-state index in [-0.39, 0.29) is 31.2 Å². The van der Waals surface area contributed by atoms with Gasteiger partial charge in [0.05, 0.1) is 0 Å². The first-order valence-corrected chi connectivity index (χ1v) is 10.8. The molecule has 3 rings (SSSR count). The van der Waals surface area contributed by atoms with E-state index in [1.807, 2.05) is 30.3 Å². The number of benzene rings is 3. The third-order valence-corrected chi connectivity index (χ3v) is 4.80. The molecule has 3 aromatic rings. The van der Waals surface area contributed by atoms with Crippen LogP contribution in [0.2, 0.25) is 0 Å². The first-order chi connectivity index (χ1) is 16.5. The molecule has 0 spiro atoms. The summed E-state index contributed by atoms with van der Waals surface area (Å²) >= 11 is 0. The molecule has 0 bridgehead atoms. The SMILES string of the molecule is O=C(CCCNC(=O)/C(=C\c1ccc(F)cc1)NC(=O)c1ccccc1)OCc1ccccc1. The van der Waals surface area contributed by atoms with Crippen LogP contribution in [0, 0.1) is 5.82 Å². The van der Waals surface area contributed by atoms with Gasteiger partial charge in [-0.25, -0.2) is 4.39 Å². The molecule has 0 fully saturated rings. The van der Waals surface area contributed by atoms with Gasteiger partial charge in [0.2, 0.25) is 0 Å². The van der Waals surface area contributed by atoms with Crippen molar-refractivity contribution in [3.05, 3.63) is 113 Å². The molecule has 0 heterocycles. The molecule has 0 radical (unpaired) electrons. The summed E-state index contributed by atoms with van der Waals surface area (Å²) in [6, 6.07) is 23.4. The Hall–Kier alpha value is -4.26. The van der Waals surface area contributed by atoms with Crippen molar-refractivity contribution in [2.24, 2.45) is 0 Å². The highest BCUT2D eigenvalue weighted by Crippen LogP contribution is 2.09. The molecule has 7 heteroatoms. The van der Waals surface area contributed by atoms with Gasteiger partial charge in [-0.2, -0.15) is 0 Å². The summed E-state index contributed by atoms with van der Waals surface area (Å²) in [7, 11) is 0. The Morgan fingerprint density at radius 2 is 1.50 bits per heavy atom. The molecule has 0 aromatic heterocycles. The lowest BCUT2D eigenvalue weighted by atomic mass is 10.1. The molecule has 2 amide bonds. The van der Waals surface area contributed by atoms with E-state index in [1.165, 1.54) is 30.3 Å². The Balaban J connectivity index is 1.54. The van der Waals surface area contributed by atoms with Gasteiger partial charge >= 0.3 is 5.97 Å². The first-order valence-electron chi connectivity index (χ1n) is 10.8. The molecule has 0 aliphatic heterocycles. The van der Waals surface area contributed by atoms with Gasteiger partial charge in [0.1, 0.15) is 18.1 Å². The molecule has 0 saturated carbocycles. The lowest BCUT2D eigenvalue weighted by molar-refractivity contribution is -0.145. The van der Waals surface area contributed by atoms with E-state index in [0.717, 1.165) is 5.56 Å². The number of carbonyl (C=O) groups excluding carboxylic acids is 3. The largest absolute Gasteiger partial charge is 0.461 e. The third kappa shape index (κ3) is 8.02. The Bertz CT molecular complexity index is 1130. The zero-order chi connectivity index (χ0) is 24.2. The van der Waals surface area contributed by atoms with E-state index < -0.39 is 17.6 Å². The minimum absolute atomic E-state index is 0.00659. The average Bonchev–Trinajstić information content (AvgIpc) is 2.87. The number of carbonyl (C=O) groups is 3. The van der Waals surface area contributed by atoms with Crippen LogP contribution in [0.1, 0.15) is 34.3 Å². The van der Waals surface area contributed by atoms with E-state index in [1.54, 1.807) is 30.3 Å². The zero-order valence-corrected chi connectivity index (χ0v) is 18.5. The molecule has 3 aromatic carbocycles. The van der Waals surface area contributed by atoms with E-state index in [2.05, 4.69) is 10.6 Å². The number of ether oxygens (including phenoxy) is 1. The summed E-state index contributed by atoms with van der Waals surface area (Å²) in [5.74, 6) is -1.74. The quantitative estimate of drug-likeness (QED) is 0.269. The van der Waals surface area contributed by atoms with Crippen LogP contribution in [-0.2, 0) is 20.9 Å². The van der Waals surface area contributed by atoms with Crippen LogP contribution in [0.4, 0.5) is 4.39 Å². The Morgan fingerprint density at radius 1 is 0.853 bits per heavy atom. The Labute approximate surface area is 197 Å². The lowest BCUT2D eigenvalue weighted by Gasteiger charge is -2.11. The standard InChI is InChI=1S/C27H25FN2O4/c28-23-15-13-20(14-16-23)18-24(30-26(32)22-10-5-2-6-11-22)27(33)29-17-7-12-25(31)34-19-21-8-3-1-4-9-21/h1-6,8-11,13-16,18H,7,12,17,19H2,(H,29,33)(H,30,32)/b24-18+. The summed E-state index contributed by atoms with van der Waals surface area (Å²) in [5, 5.41) is 5.31. The second kappa shape index (κ2) is 12.7.